The minimum absolute atomic E-state index is 0.261. The van der Waals surface area contributed by atoms with Crippen molar-refractivity contribution >= 4 is 5.97 Å². The Kier molecular flexibility index (Phi) is 7.09. The fraction of sp³-hybridized carbons (Fsp3) is 0.562. The predicted molar refractivity (Wildman–Crippen MR) is 80.5 cm³/mol. The zero-order valence-corrected chi connectivity index (χ0v) is 12.6. The fourth-order valence-electron chi connectivity index (χ4n) is 2.00. The molecular weight excluding hydrogens is 254 g/mol. The minimum atomic E-state index is -0.927. The molecule has 1 aromatic rings. The first kappa shape index (κ1) is 16.5. The number of rotatable bonds is 9. The molecule has 0 fully saturated rings. The molecule has 112 valence electrons. The number of aromatic carboxylic acids is 1. The van der Waals surface area contributed by atoms with Gasteiger partial charge in [0.1, 0.15) is 5.75 Å². The van der Waals surface area contributed by atoms with Gasteiger partial charge in [0.25, 0.3) is 0 Å². The van der Waals surface area contributed by atoms with Gasteiger partial charge in [-0.1, -0.05) is 26.3 Å². The lowest BCUT2D eigenvalue weighted by Crippen LogP contribution is -2.26. The highest BCUT2D eigenvalue weighted by Crippen LogP contribution is 2.13. The van der Waals surface area contributed by atoms with Crippen LogP contribution in [0.5, 0.6) is 5.75 Å². The summed E-state index contributed by atoms with van der Waals surface area (Å²) in [6, 6.07) is 6.61. The van der Waals surface area contributed by atoms with Crippen LogP contribution in [0.15, 0.2) is 24.3 Å². The van der Waals surface area contributed by atoms with Gasteiger partial charge in [0.15, 0.2) is 0 Å². The van der Waals surface area contributed by atoms with E-state index in [1.54, 1.807) is 24.3 Å². The summed E-state index contributed by atoms with van der Waals surface area (Å²) in [5.74, 6) is 0.409. The molecule has 1 unspecified atom stereocenters. The molecule has 0 aliphatic carbocycles. The van der Waals surface area contributed by atoms with E-state index in [-0.39, 0.29) is 5.56 Å². The zero-order chi connectivity index (χ0) is 15.0. The Morgan fingerprint density at radius 1 is 1.45 bits per heavy atom. The first-order chi connectivity index (χ1) is 9.52. The molecule has 1 rings (SSSR count). The van der Waals surface area contributed by atoms with Gasteiger partial charge in [0, 0.05) is 13.1 Å². The third-order valence-corrected chi connectivity index (χ3v) is 3.35. The number of benzene rings is 1. The van der Waals surface area contributed by atoms with E-state index >= 15 is 0 Å². The molecular formula is C16H25NO3. The summed E-state index contributed by atoms with van der Waals surface area (Å²) in [6.45, 7) is 7.16. The van der Waals surface area contributed by atoms with Crippen LogP contribution in [0.4, 0.5) is 0 Å². The number of carbonyl (C=O) groups is 1. The first-order valence-electron chi connectivity index (χ1n) is 7.17. The summed E-state index contributed by atoms with van der Waals surface area (Å²) in [6.07, 6.45) is 2.13. The van der Waals surface area contributed by atoms with Gasteiger partial charge in [0.2, 0.25) is 0 Å². The van der Waals surface area contributed by atoms with Crippen LogP contribution in [0.2, 0.25) is 0 Å². The van der Waals surface area contributed by atoms with E-state index in [9.17, 15) is 4.79 Å². The molecule has 20 heavy (non-hydrogen) atoms. The Bertz CT molecular complexity index is 420. The van der Waals surface area contributed by atoms with E-state index in [4.69, 9.17) is 9.84 Å². The maximum Gasteiger partial charge on any atom is 0.335 e. The van der Waals surface area contributed by atoms with Crippen molar-refractivity contribution in [2.45, 2.75) is 26.7 Å². The van der Waals surface area contributed by atoms with E-state index < -0.39 is 5.97 Å². The summed E-state index contributed by atoms with van der Waals surface area (Å²) in [7, 11) is 2.12. The summed E-state index contributed by atoms with van der Waals surface area (Å²) >= 11 is 0. The van der Waals surface area contributed by atoms with Crippen LogP contribution >= 0.6 is 0 Å². The van der Waals surface area contributed by atoms with Crippen LogP contribution in [0, 0.1) is 5.92 Å². The van der Waals surface area contributed by atoms with Crippen molar-refractivity contribution in [3.8, 4) is 5.75 Å². The number of ether oxygens (including phenoxy) is 1. The monoisotopic (exact) mass is 279 g/mol. The van der Waals surface area contributed by atoms with E-state index in [0.717, 1.165) is 19.5 Å². The lowest BCUT2D eigenvalue weighted by atomic mass is 10.1. The fourth-order valence-corrected chi connectivity index (χ4v) is 2.00. The second kappa shape index (κ2) is 8.59. The third kappa shape index (κ3) is 6.06. The second-order valence-corrected chi connectivity index (χ2v) is 5.31. The van der Waals surface area contributed by atoms with Gasteiger partial charge >= 0.3 is 5.97 Å². The largest absolute Gasteiger partial charge is 0.494 e. The second-order valence-electron chi connectivity index (χ2n) is 5.31. The summed E-state index contributed by atoms with van der Waals surface area (Å²) in [4.78, 5) is 13.2. The first-order valence-corrected chi connectivity index (χ1v) is 7.17. The van der Waals surface area contributed by atoms with Gasteiger partial charge in [-0.05, 0) is 37.6 Å². The van der Waals surface area contributed by atoms with Gasteiger partial charge in [0.05, 0.1) is 12.2 Å². The molecule has 0 aromatic heterocycles. The lowest BCUT2D eigenvalue weighted by Gasteiger charge is -2.20. The number of hydrogen-bond acceptors (Lipinski definition) is 3. The quantitative estimate of drug-likeness (QED) is 0.706. The molecule has 4 nitrogen and oxygen atoms in total. The Morgan fingerprint density at radius 3 is 2.85 bits per heavy atom. The summed E-state index contributed by atoms with van der Waals surface area (Å²) < 4.78 is 5.59. The molecule has 0 bridgehead atoms. The third-order valence-electron chi connectivity index (χ3n) is 3.35. The molecule has 0 radical (unpaired) electrons. The molecule has 0 heterocycles. The van der Waals surface area contributed by atoms with E-state index in [1.807, 2.05) is 0 Å². The van der Waals surface area contributed by atoms with Gasteiger partial charge in [-0.2, -0.15) is 0 Å². The highest BCUT2D eigenvalue weighted by Gasteiger charge is 2.05. The topological polar surface area (TPSA) is 49.8 Å². The van der Waals surface area contributed by atoms with E-state index in [2.05, 4.69) is 25.8 Å². The molecule has 0 aliphatic rings. The SMILES string of the molecule is CCC(C)CN(C)CCCOc1cccc(C(=O)O)c1. The van der Waals surface area contributed by atoms with Gasteiger partial charge in [-0.25, -0.2) is 4.79 Å². The molecule has 4 heteroatoms. The van der Waals surface area contributed by atoms with E-state index in [0.29, 0.717) is 18.3 Å². The van der Waals surface area contributed by atoms with Crippen molar-refractivity contribution in [3.63, 3.8) is 0 Å². The normalized spacial score (nSPS) is 12.4. The van der Waals surface area contributed by atoms with Crippen LogP contribution in [0.1, 0.15) is 37.0 Å². The summed E-state index contributed by atoms with van der Waals surface area (Å²) in [5, 5.41) is 8.90. The molecule has 1 N–H and O–H groups in total. The highest BCUT2D eigenvalue weighted by atomic mass is 16.5. The van der Waals surface area contributed by atoms with Gasteiger partial charge < -0.3 is 14.7 Å². The van der Waals surface area contributed by atoms with Crippen molar-refractivity contribution in [3.05, 3.63) is 29.8 Å². The van der Waals surface area contributed by atoms with Crippen molar-refractivity contribution in [2.75, 3.05) is 26.7 Å². The average Bonchev–Trinajstić information content (AvgIpc) is 2.43. The lowest BCUT2D eigenvalue weighted by molar-refractivity contribution is 0.0696. The number of hydrogen-bond donors (Lipinski definition) is 1. The maximum absolute atomic E-state index is 10.8. The van der Waals surface area contributed by atoms with Crippen LogP contribution in [-0.4, -0.2) is 42.7 Å². The van der Waals surface area contributed by atoms with Crippen molar-refractivity contribution in [1.82, 2.24) is 4.90 Å². The number of carboxylic acids is 1. The van der Waals surface area contributed by atoms with E-state index in [1.165, 1.54) is 6.42 Å². The van der Waals surface area contributed by atoms with Crippen LogP contribution in [0.3, 0.4) is 0 Å². The maximum atomic E-state index is 10.8. The molecule has 0 amide bonds. The van der Waals surface area contributed by atoms with Crippen LogP contribution in [-0.2, 0) is 0 Å². The van der Waals surface area contributed by atoms with Gasteiger partial charge in [-0.3, -0.25) is 0 Å². The minimum Gasteiger partial charge on any atom is -0.494 e. The van der Waals surface area contributed by atoms with Crippen molar-refractivity contribution < 1.29 is 14.6 Å². The summed E-state index contributed by atoms with van der Waals surface area (Å²) in [5.41, 5.74) is 0.261. The standard InChI is InChI=1S/C16H25NO3/c1-4-13(2)12-17(3)9-6-10-20-15-8-5-7-14(11-15)16(18)19/h5,7-8,11,13H,4,6,9-10,12H2,1-3H3,(H,18,19). The number of nitrogens with zero attached hydrogens (tertiary/aromatic N) is 1. The average molecular weight is 279 g/mol. The molecule has 0 spiro atoms. The smallest absolute Gasteiger partial charge is 0.335 e. The highest BCUT2D eigenvalue weighted by molar-refractivity contribution is 5.87. The van der Waals surface area contributed by atoms with Crippen LogP contribution < -0.4 is 4.74 Å². The Morgan fingerprint density at radius 2 is 2.20 bits per heavy atom. The Balaban J connectivity index is 2.27. The molecule has 0 saturated carbocycles. The molecule has 1 aromatic carbocycles. The zero-order valence-electron chi connectivity index (χ0n) is 12.6. The predicted octanol–water partition coefficient (Wildman–Crippen LogP) is 3.13. The van der Waals surface area contributed by atoms with Gasteiger partial charge in [-0.15, -0.1) is 0 Å². The van der Waals surface area contributed by atoms with Crippen LogP contribution in [0.25, 0.3) is 0 Å². The molecule has 0 aliphatic heterocycles. The Hall–Kier alpha value is -1.55. The van der Waals surface area contributed by atoms with Crippen molar-refractivity contribution in [2.24, 2.45) is 5.92 Å². The molecule has 1 atom stereocenters. The Labute approximate surface area is 121 Å². The number of carboxylic acid groups (broad SMARTS) is 1. The molecule has 0 saturated heterocycles. The van der Waals surface area contributed by atoms with Crippen molar-refractivity contribution in [1.29, 1.82) is 0 Å².